The van der Waals surface area contributed by atoms with Crippen molar-refractivity contribution in [3.05, 3.63) is 53.7 Å². The summed E-state index contributed by atoms with van der Waals surface area (Å²) in [4.78, 5) is 12.4. The number of nitrogens with zero attached hydrogens (tertiary/aromatic N) is 4. The Balaban J connectivity index is 1.79. The number of rotatable bonds is 6. The summed E-state index contributed by atoms with van der Waals surface area (Å²) in [6.07, 6.45) is 4.01. The second-order valence-corrected chi connectivity index (χ2v) is 6.83. The molecule has 6 nitrogen and oxygen atoms in total. The van der Waals surface area contributed by atoms with E-state index in [2.05, 4.69) is 34.2 Å². The summed E-state index contributed by atoms with van der Waals surface area (Å²) in [6, 6.07) is 10.4. The predicted molar refractivity (Wildman–Crippen MR) is 95.1 cm³/mol. The maximum Gasteiger partial charge on any atom is 0.179 e. The number of aromatic amines is 1. The van der Waals surface area contributed by atoms with E-state index in [1.54, 1.807) is 6.33 Å². The molecule has 2 heterocycles. The lowest BCUT2D eigenvalue weighted by Crippen LogP contribution is -2.18. The van der Waals surface area contributed by atoms with Crippen LogP contribution >= 0.6 is 0 Å². The maximum absolute atomic E-state index is 10.1. The van der Waals surface area contributed by atoms with Crippen LogP contribution in [0.15, 0.2) is 36.7 Å². The van der Waals surface area contributed by atoms with Crippen LogP contribution in [0.3, 0.4) is 0 Å². The van der Waals surface area contributed by atoms with Crippen molar-refractivity contribution in [3.8, 4) is 11.5 Å². The van der Waals surface area contributed by atoms with E-state index in [1.165, 1.54) is 5.56 Å². The molecular formula is C19H23N5O. The number of aromatic nitrogens is 5. The Bertz CT molecular complexity index is 863. The number of aliphatic hydroxyl groups is 1. The molecule has 130 valence electrons. The quantitative estimate of drug-likeness (QED) is 0.725. The molecule has 6 heteroatoms. The highest BCUT2D eigenvalue weighted by Gasteiger charge is 2.49. The van der Waals surface area contributed by atoms with Crippen LogP contribution in [-0.4, -0.2) is 35.9 Å². The summed E-state index contributed by atoms with van der Waals surface area (Å²) in [5, 5.41) is 14.9. The first kappa shape index (κ1) is 16.0. The fraction of sp³-hybridized carbons (Fsp3) is 0.421. The lowest BCUT2D eigenvalue weighted by Gasteiger charge is -2.11. The summed E-state index contributed by atoms with van der Waals surface area (Å²) in [7, 11) is 0. The molecule has 3 aromatic rings. The molecule has 0 unspecified atom stereocenters. The van der Waals surface area contributed by atoms with E-state index in [-0.39, 0.29) is 5.41 Å². The molecule has 1 fully saturated rings. The van der Waals surface area contributed by atoms with Crippen molar-refractivity contribution in [2.24, 2.45) is 0 Å². The normalized spacial score (nSPS) is 16.8. The van der Waals surface area contributed by atoms with Gasteiger partial charge in [0.05, 0.1) is 24.4 Å². The van der Waals surface area contributed by atoms with E-state index < -0.39 is 6.10 Å². The molecule has 0 spiro atoms. The molecule has 0 saturated heterocycles. The minimum Gasteiger partial charge on any atom is -0.391 e. The summed E-state index contributed by atoms with van der Waals surface area (Å²) >= 11 is 0. The van der Waals surface area contributed by atoms with E-state index in [1.807, 2.05) is 24.6 Å². The SMILES string of the molecule is CC[C@H](O)Cn1nc(C2(c3ccccc3)CC2)nc1-c1nc[nH]c1C. The van der Waals surface area contributed by atoms with E-state index in [4.69, 9.17) is 10.1 Å². The van der Waals surface area contributed by atoms with Crippen LogP contribution in [0, 0.1) is 6.92 Å². The zero-order valence-electron chi connectivity index (χ0n) is 14.6. The molecule has 0 radical (unpaired) electrons. The molecule has 0 aliphatic heterocycles. The molecule has 1 saturated carbocycles. The number of aryl methyl sites for hydroxylation is 1. The van der Waals surface area contributed by atoms with Crippen LogP contribution in [0.4, 0.5) is 0 Å². The van der Waals surface area contributed by atoms with Gasteiger partial charge in [-0.2, -0.15) is 5.10 Å². The van der Waals surface area contributed by atoms with Gasteiger partial charge in [0.15, 0.2) is 11.6 Å². The molecule has 1 aliphatic carbocycles. The van der Waals surface area contributed by atoms with E-state index in [0.29, 0.717) is 13.0 Å². The molecule has 1 aromatic carbocycles. The molecular weight excluding hydrogens is 314 g/mol. The molecule has 2 N–H and O–H groups in total. The highest BCUT2D eigenvalue weighted by molar-refractivity contribution is 5.54. The Hall–Kier alpha value is -2.47. The van der Waals surface area contributed by atoms with E-state index >= 15 is 0 Å². The van der Waals surface area contributed by atoms with Crippen LogP contribution in [-0.2, 0) is 12.0 Å². The zero-order valence-corrected chi connectivity index (χ0v) is 14.6. The standard InChI is InChI=1S/C19H23N5O/c1-3-15(25)11-24-17(16-13(2)20-12-21-16)22-18(23-24)19(9-10-19)14-7-5-4-6-8-14/h4-8,12,15,25H,3,9-11H2,1-2H3,(H,20,21)/t15-/m0/s1. The fourth-order valence-electron chi connectivity index (χ4n) is 3.28. The number of hydrogen-bond acceptors (Lipinski definition) is 4. The van der Waals surface area contributed by atoms with Crippen molar-refractivity contribution in [1.82, 2.24) is 24.7 Å². The Morgan fingerprint density at radius 2 is 2.04 bits per heavy atom. The number of aliphatic hydroxyl groups excluding tert-OH is 1. The van der Waals surface area contributed by atoms with Gasteiger partial charge in [-0.05, 0) is 31.7 Å². The summed E-state index contributed by atoms with van der Waals surface area (Å²) in [5.41, 5.74) is 2.91. The minimum absolute atomic E-state index is 0.0946. The number of nitrogens with one attached hydrogen (secondary N) is 1. The fourth-order valence-corrected chi connectivity index (χ4v) is 3.28. The third kappa shape index (κ3) is 2.76. The number of H-pyrrole nitrogens is 1. The monoisotopic (exact) mass is 337 g/mol. The van der Waals surface area contributed by atoms with Gasteiger partial charge in [-0.1, -0.05) is 37.3 Å². The number of imidazole rings is 1. The Morgan fingerprint density at radius 3 is 2.64 bits per heavy atom. The first-order valence-corrected chi connectivity index (χ1v) is 8.83. The first-order chi connectivity index (χ1) is 12.1. The van der Waals surface area contributed by atoms with Crippen molar-refractivity contribution >= 4 is 0 Å². The molecule has 1 atom stereocenters. The molecule has 1 aliphatic rings. The second-order valence-electron chi connectivity index (χ2n) is 6.83. The van der Waals surface area contributed by atoms with Gasteiger partial charge in [0.25, 0.3) is 0 Å². The Kier molecular flexibility index (Phi) is 3.92. The smallest absolute Gasteiger partial charge is 0.179 e. The summed E-state index contributed by atoms with van der Waals surface area (Å²) in [6.45, 7) is 4.37. The average Bonchev–Trinajstić information content (AvgIpc) is 3.18. The molecule has 0 bridgehead atoms. The van der Waals surface area contributed by atoms with Gasteiger partial charge in [-0.25, -0.2) is 14.6 Å². The van der Waals surface area contributed by atoms with Gasteiger partial charge in [0.2, 0.25) is 0 Å². The van der Waals surface area contributed by atoms with Gasteiger partial charge in [0.1, 0.15) is 5.69 Å². The van der Waals surface area contributed by atoms with E-state index in [0.717, 1.165) is 35.9 Å². The lowest BCUT2D eigenvalue weighted by atomic mass is 9.95. The average molecular weight is 337 g/mol. The maximum atomic E-state index is 10.1. The van der Waals surface area contributed by atoms with Crippen LogP contribution in [0.1, 0.15) is 43.3 Å². The summed E-state index contributed by atoms with van der Waals surface area (Å²) < 4.78 is 1.82. The third-order valence-corrected chi connectivity index (χ3v) is 5.07. The molecule has 4 rings (SSSR count). The predicted octanol–water partition coefficient (Wildman–Crippen LogP) is 2.83. The minimum atomic E-state index is -0.445. The van der Waals surface area contributed by atoms with Crippen molar-refractivity contribution < 1.29 is 5.11 Å². The van der Waals surface area contributed by atoms with E-state index in [9.17, 15) is 5.11 Å². The summed E-state index contributed by atoms with van der Waals surface area (Å²) in [5.74, 6) is 1.56. The van der Waals surface area contributed by atoms with Crippen LogP contribution in [0.2, 0.25) is 0 Å². The van der Waals surface area contributed by atoms with Gasteiger partial charge in [-0.15, -0.1) is 0 Å². The number of benzene rings is 1. The largest absolute Gasteiger partial charge is 0.391 e. The van der Waals surface area contributed by atoms with Gasteiger partial charge in [-0.3, -0.25) is 0 Å². The highest BCUT2D eigenvalue weighted by atomic mass is 16.3. The van der Waals surface area contributed by atoms with Crippen molar-refractivity contribution in [2.45, 2.75) is 51.2 Å². The van der Waals surface area contributed by atoms with Gasteiger partial charge < -0.3 is 10.1 Å². The first-order valence-electron chi connectivity index (χ1n) is 8.83. The van der Waals surface area contributed by atoms with Crippen molar-refractivity contribution in [2.75, 3.05) is 0 Å². The second kappa shape index (κ2) is 6.11. The van der Waals surface area contributed by atoms with Crippen molar-refractivity contribution in [3.63, 3.8) is 0 Å². The van der Waals surface area contributed by atoms with Crippen LogP contribution < -0.4 is 0 Å². The Morgan fingerprint density at radius 1 is 1.28 bits per heavy atom. The molecule has 2 aromatic heterocycles. The topological polar surface area (TPSA) is 79.6 Å². The Labute approximate surface area is 147 Å². The van der Waals surface area contributed by atoms with Gasteiger partial charge in [0, 0.05) is 5.69 Å². The number of hydrogen-bond donors (Lipinski definition) is 2. The molecule has 25 heavy (non-hydrogen) atoms. The lowest BCUT2D eigenvalue weighted by molar-refractivity contribution is 0.145. The zero-order chi connectivity index (χ0) is 17.4. The highest BCUT2D eigenvalue weighted by Crippen LogP contribution is 2.52. The van der Waals surface area contributed by atoms with Crippen LogP contribution in [0.25, 0.3) is 11.5 Å². The van der Waals surface area contributed by atoms with Crippen molar-refractivity contribution in [1.29, 1.82) is 0 Å². The van der Waals surface area contributed by atoms with Gasteiger partial charge >= 0.3 is 0 Å². The van der Waals surface area contributed by atoms with Crippen LogP contribution in [0.5, 0.6) is 0 Å². The third-order valence-electron chi connectivity index (χ3n) is 5.07. The molecule has 0 amide bonds.